The summed E-state index contributed by atoms with van der Waals surface area (Å²) in [5.41, 5.74) is 5.64. The first-order valence-corrected chi connectivity index (χ1v) is 7.61. The van der Waals surface area contributed by atoms with Crippen molar-refractivity contribution in [3.63, 3.8) is 0 Å². The SMILES string of the molecule is CCCCN(CC)C(=O)C(CN)(CCC)CCC. The highest BCUT2D eigenvalue weighted by Crippen LogP contribution is 2.31. The van der Waals surface area contributed by atoms with Gasteiger partial charge in [-0.25, -0.2) is 0 Å². The number of carbonyl (C=O) groups is 1. The third-order valence-electron chi connectivity index (χ3n) is 3.75. The van der Waals surface area contributed by atoms with Crippen LogP contribution in [0.3, 0.4) is 0 Å². The highest BCUT2D eigenvalue weighted by molar-refractivity contribution is 5.83. The van der Waals surface area contributed by atoms with Crippen molar-refractivity contribution in [2.75, 3.05) is 19.6 Å². The van der Waals surface area contributed by atoms with Crippen LogP contribution in [0.2, 0.25) is 0 Å². The van der Waals surface area contributed by atoms with Gasteiger partial charge in [-0.1, -0.05) is 40.0 Å². The third-order valence-corrected chi connectivity index (χ3v) is 3.75. The molecular weight excluding hydrogens is 224 g/mol. The molecule has 2 N–H and O–H groups in total. The molecule has 0 aliphatic heterocycles. The van der Waals surface area contributed by atoms with Crippen LogP contribution in [0.1, 0.15) is 66.2 Å². The van der Waals surface area contributed by atoms with Crippen LogP contribution >= 0.6 is 0 Å². The van der Waals surface area contributed by atoms with Crippen molar-refractivity contribution in [2.24, 2.45) is 11.1 Å². The predicted molar refractivity (Wildman–Crippen MR) is 78.5 cm³/mol. The molecule has 0 fully saturated rings. The average molecular weight is 256 g/mol. The van der Waals surface area contributed by atoms with Gasteiger partial charge in [-0.3, -0.25) is 4.79 Å². The second-order valence-electron chi connectivity index (χ2n) is 5.22. The van der Waals surface area contributed by atoms with E-state index in [0.717, 1.165) is 51.6 Å². The van der Waals surface area contributed by atoms with E-state index in [1.165, 1.54) is 0 Å². The van der Waals surface area contributed by atoms with Crippen molar-refractivity contribution in [3.05, 3.63) is 0 Å². The third kappa shape index (κ3) is 4.60. The van der Waals surface area contributed by atoms with Gasteiger partial charge in [-0.05, 0) is 26.2 Å². The maximum Gasteiger partial charge on any atom is 0.230 e. The molecule has 0 aliphatic rings. The Morgan fingerprint density at radius 2 is 1.61 bits per heavy atom. The Morgan fingerprint density at radius 1 is 1.06 bits per heavy atom. The first kappa shape index (κ1) is 17.4. The number of hydrogen-bond donors (Lipinski definition) is 1. The second kappa shape index (κ2) is 9.37. The van der Waals surface area contributed by atoms with Crippen molar-refractivity contribution >= 4 is 5.91 Å². The van der Waals surface area contributed by atoms with Crippen molar-refractivity contribution in [1.82, 2.24) is 4.90 Å². The highest BCUT2D eigenvalue weighted by atomic mass is 16.2. The van der Waals surface area contributed by atoms with Crippen LogP contribution in [-0.2, 0) is 4.79 Å². The fourth-order valence-electron chi connectivity index (χ4n) is 2.68. The van der Waals surface area contributed by atoms with Crippen LogP contribution < -0.4 is 5.73 Å². The van der Waals surface area contributed by atoms with E-state index in [4.69, 9.17) is 5.73 Å². The summed E-state index contributed by atoms with van der Waals surface area (Å²) in [5.74, 6) is 0.282. The number of amides is 1. The van der Waals surface area contributed by atoms with E-state index in [9.17, 15) is 4.79 Å². The Kier molecular flexibility index (Phi) is 9.08. The summed E-state index contributed by atoms with van der Waals surface area (Å²) in [6.07, 6.45) is 6.08. The van der Waals surface area contributed by atoms with E-state index in [0.29, 0.717) is 6.54 Å². The Labute approximate surface area is 113 Å². The summed E-state index contributed by atoms with van der Waals surface area (Å²) in [7, 11) is 0. The molecule has 0 aliphatic carbocycles. The van der Waals surface area contributed by atoms with E-state index in [1.807, 2.05) is 4.90 Å². The molecule has 0 aromatic heterocycles. The summed E-state index contributed by atoms with van der Waals surface area (Å²) in [4.78, 5) is 14.8. The van der Waals surface area contributed by atoms with Crippen LogP contribution in [0.15, 0.2) is 0 Å². The van der Waals surface area contributed by atoms with E-state index >= 15 is 0 Å². The molecule has 0 heterocycles. The average Bonchev–Trinajstić information content (AvgIpc) is 2.39. The lowest BCUT2D eigenvalue weighted by Gasteiger charge is -2.36. The zero-order chi connectivity index (χ0) is 14.0. The Bertz CT molecular complexity index is 223. The number of carbonyl (C=O) groups excluding carboxylic acids is 1. The fraction of sp³-hybridized carbons (Fsp3) is 0.933. The minimum Gasteiger partial charge on any atom is -0.342 e. The molecule has 0 rings (SSSR count). The molecule has 3 heteroatoms. The minimum atomic E-state index is -0.312. The second-order valence-corrected chi connectivity index (χ2v) is 5.22. The maximum absolute atomic E-state index is 12.8. The molecule has 0 saturated carbocycles. The van der Waals surface area contributed by atoms with Crippen LogP contribution in [0.5, 0.6) is 0 Å². The van der Waals surface area contributed by atoms with Crippen LogP contribution in [0.4, 0.5) is 0 Å². The number of nitrogens with zero attached hydrogens (tertiary/aromatic N) is 1. The van der Waals surface area contributed by atoms with Gasteiger partial charge in [-0.15, -0.1) is 0 Å². The van der Waals surface area contributed by atoms with E-state index in [-0.39, 0.29) is 11.3 Å². The lowest BCUT2D eigenvalue weighted by atomic mass is 9.78. The molecule has 0 bridgehead atoms. The van der Waals surface area contributed by atoms with Crippen LogP contribution in [-0.4, -0.2) is 30.4 Å². The molecule has 0 saturated heterocycles. The van der Waals surface area contributed by atoms with Gasteiger partial charge in [0, 0.05) is 19.6 Å². The topological polar surface area (TPSA) is 46.3 Å². The zero-order valence-corrected chi connectivity index (χ0v) is 12.8. The zero-order valence-electron chi connectivity index (χ0n) is 12.8. The van der Waals surface area contributed by atoms with Gasteiger partial charge in [0.15, 0.2) is 0 Å². The van der Waals surface area contributed by atoms with Gasteiger partial charge in [0.25, 0.3) is 0 Å². The lowest BCUT2D eigenvalue weighted by Crippen LogP contribution is -2.48. The molecule has 108 valence electrons. The van der Waals surface area contributed by atoms with E-state index in [2.05, 4.69) is 27.7 Å². The van der Waals surface area contributed by atoms with Gasteiger partial charge in [0.2, 0.25) is 5.91 Å². The minimum absolute atomic E-state index is 0.282. The van der Waals surface area contributed by atoms with E-state index < -0.39 is 0 Å². The highest BCUT2D eigenvalue weighted by Gasteiger charge is 2.37. The predicted octanol–water partition coefficient (Wildman–Crippen LogP) is 3.18. The monoisotopic (exact) mass is 256 g/mol. The maximum atomic E-state index is 12.8. The summed E-state index contributed by atoms with van der Waals surface area (Å²) in [5, 5.41) is 0. The largest absolute Gasteiger partial charge is 0.342 e. The number of nitrogens with two attached hydrogens (primary N) is 1. The van der Waals surface area contributed by atoms with Crippen molar-refractivity contribution in [2.45, 2.75) is 66.2 Å². The summed E-state index contributed by atoms with van der Waals surface area (Å²) < 4.78 is 0. The molecular formula is C15H32N2O. The van der Waals surface area contributed by atoms with Gasteiger partial charge in [0.1, 0.15) is 0 Å². The molecule has 0 aromatic rings. The lowest BCUT2D eigenvalue weighted by molar-refractivity contribution is -0.142. The van der Waals surface area contributed by atoms with Crippen molar-refractivity contribution < 1.29 is 4.79 Å². The Hall–Kier alpha value is -0.570. The van der Waals surface area contributed by atoms with Crippen LogP contribution in [0.25, 0.3) is 0 Å². The number of rotatable bonds is 10. The summed E-state index contributed by atoms with van der Waals surface area (Å²) in [6, 6.07) is 0. The van der Waals surface area contributed by atoms with Gasteiger partial charge >= 0.3 is 0 Å². The fourth-order valence-corrected chi connectivity index (χ4v) is 2.68. The first-order valence-electron chi connectivity index (χ1n) is 7.61. The number of hydrogen-bond acceptors (Lipinski definition) is 2. The standard InChI is InChI=1S/C15H32N2O/c1-5-9-12-17(8-4)14(18)15(13-16,10-6-2)11-7-3/h5-13,16H2,1-4H3. The van der Waals surface area contributed by atoms with Crippen molar-refractivity contribution in [1.29, 1.82) is 0 Å². The molecule has 1 amide bonds. The van der Waals surface area contributed by atoms with Gasteiger partial charge in [0.05, 0.1) is 5.41 Å². The number of unbranched alkanes of at least 4 members (excludes halogenated alkanes) is 1. The normalized spacial score (nSPS) is 11.6. The quantitative estimate of drug-likeness (QED) is 0.652. The molecule has 0 unspecified atom stereocenters. The summed E-state index contributed by atoms with van der Waals surface area (Å²) >= 11 is 0. The van der Waals surface area contributed by atoms with Crippen molar-refractivity contribution in [3.8, 4) is 0 Å². The Morgan fingerprint density at radius 3 is 1.94 bits per heavy atom. The Balaban J connectivity index is 4.88. The van der Waals surface area contributed by atoms with Gasteiger partial charge in [-0.2, -0.15) is 0 Å². The molecule has 0 aromatic carbocycles. The molecule has 18 heavy (non-hydrogen) atoms. The molecule has 0 atom stereocenters. The first-order chi connectivity index (χ1) is 8.61. The van der Waals surface area contributed by atoms with E-state index in [1.54, 1.807) is 0 Å². The summed E-state index contributed by atoms with van der Waals surface area (Å²) in [6.45, 7) is 10.6. The van der Waals surface area contributed by atoms with Gasteiger partial charge < -0.3 is 10.6 Å². The molecule has 0 radical (unpaired) electrons. The smallest absolute Gasteiger partial charge is 0.230 e. The molecule has 0 spiro atoms. The van der Waals surface area contributed by atoms with Crippen LogP contribution in [0, 0.1) is 5.41 Å². The molecule has 3 nitrogen and oxygen atoms in total.